The molecule has 0 saturated heterocycles. The summed E-state index contributed by atoms with van der Waals surface area (Å²) in [7, 11) is 1.80. The maximum absolute atomic E-state index is 11.7. The second kappa shape index (κ2) is 5.40. The lowest BCUT2D eigenvalue weighted by molar-refractivity contribution is 0.0945. The maximum Gasteiger partial charge on any atom is 0.270 e. The standard InChI is InChI=1S/C11H12N4OS/c1-12-8-2-3-10(13-4-8)11(16)14-5-9-6-17-7-15-9/h2-4,6-7,12H,5H2,1H3,(H,14,16). The number of carbonyl (C=O) groups is 1. The molecular formula is C11H12N4OS. The predicted octanol–water partition coefficient (Wildman–Crippen LogP) is 1.51. The van der Waals surface area contributed by atoms with Crippen LogP contribution in [0.4, 0.5) is 5.69 Å². The largest absolute Gasteiger partial charge is 0.387 e. The summed E-state index contributed by atoms with van der Waals surface area (Å²) in [4.78, 5) is 19.9. The Bertz CT molecular complexity index is 481. The Balaban J connectivity index is 1.95. The minimum atomic E-state index is -0.194. The molecule has 0 aliphatic rings. The number of hydrogen-bond donors (Lipinski definition) is 2. The zero-order chi connectivity index (χ0) is 12.1. The van der Waals surface area contributed by atoms with E-state index in [2.05, 4.69) is 20.6 Å². The topological polar surface area (TPSA) is 66.9 Å². The minimum absolute atomic E-state index is 0.194. The number of nitrogens with one attached hydrogen (secondary N) is 2. The van der Waals surface area contributed by atoms with Gasteiger partial charge in [-0.15, -0.1) is 11.3 Å². The zero-order valence-electron chi connectivity index (χ0n) is 9.30. The first-order chi connectivity index (χ1) is 8.29. The minimum Gasteiger partial charge on any atom is -0.387 e. The number of aromatic nitrogens is 2. The zero-order valence-corrected chi connectivity index (χ0v) is 10.1. The molecule has 2 aromatic rings. The molecule has 6 heteroatoms. The van der Waals surface area contributed by atoms with Crippen molar-refractivity contribution >= 4 is 22.9 Å². The molecule has 0 atom stereocenters. The van der Waals surface area contributed by atoms with Crippen molar-refractivity contribution in [2.24, 2.45) is 0 Å². The van der Waals surface area contributed by atoms with Gasteiger partial charge in [-0.2, -0.15) is 0 Å². The van der Waals surface area contributed by atoms with E-state index in [1.165, 1.54) is 11.3 Å². The highest BCUT2D eigenvalue weighted by molar-refractivity contribution is 7.07. The maximum atomic E-state index is 11.7. The van der Waals surface area contributed by atoms with Gasteiger partial charge in [-0.05, 0) is 12.1 Å². The predicted molar refractivity (Wildman–Crippen MR) is 67.1 cm³/mol. The van der Waals surface area contributed by atoms with Crippen molar-refractivity contribution in [2.45, 2.75) is 6.54 Å². The first kappa shape index (κ1) is 11.5. The quantitative estimate of drug-likeness (QED) is 0.860. The number of nitrogens with zero attached hydrogens (tertiary/aromatic N) is 2. The Labute approximate surface area is 103 Å². The van der Waals surface area contributed by atoms with E-state index in [1.54, 1.807) is 24.8 Å². The van der Waals surface area contributed by atoms with E-state index >= 15 is 0 Å². The van der Waals surface area contributed by atoms with Crippen molar-refractivity contribution in [3.63, 3.8) is 0 Å². The van der Waals surface area contributed by atoms with Gasteiger partial charge in [0.15, 0.2) is 0 Å². The normalized spacial score (nSPS) is 9.94. The van der Waals surface area contributed by atoms with Crippen molar-refractivity contribution in [1.82, 2.24) is 15.3 Å². The third kappa shape index (κ3) is 3.01. The van der Waals surface area contributed by atoms with Gasteiger partial charge in [0.25, 0.3) is 5.91 Å². The molecule has 2 N–H and O–H groups in total. The average Bonchev–Trinajstić information content (AvgIpc) is 2.89. The van der Waals surface area contributed by atoms with Gasteiger partial charge in [-0.3, -0.25) is 4.79 Å². The molecule has 0 aromatic carbocycles. The molecule has 2 rings (SSSR count). The van der Waals surface area contributed by atoms with Crippen molar-refractivity contribution in [2.75, 3.05) is 12.4 Å². The second-order valence-corrected chi connectivity index (χ2v) is 4.06. The molecule has 0 bridgehead atoms. The lowest BCUT2D eigenvalue weighted by Crippen LogP contribution is -2.23. The van der Waals surface area contributed by atoms with Gasteiger partial charge in [-0.25, -0.2) is 9.97 Å². The van der Waals surface area contributed by atoms with E-state index < -0.39 is 0 Å². The summed E-state index contributed by atoms with van der Waals surface area (Å²) in [6.07, 6.45) is 1.62. The number of pyridine rings is 1. The Morgan fingerprint density at radius 3 is 2.88 bits per heavy atom. The lowest BCUT2D eigenvalue weighted by atomic mass is 10.3. The molecule has 2 heterocycles. The summed E-state index contributed by atoms with van der Waals surface area (Å²) in [6.45, 7) is 0.428. The highest BCUT2D eigenvalue weighted by atomic mass is 32.1. The molecule has 17 heavy (non-hydrogen) atoms. The van der Waals surface area contributed by atoms with Crippen molar-refractivity contribution < 1.29 is 4.79 Å². The van der Waals surface area contributed by atoms with Crippen LogP contribution >= 0.6 is 11.3 Å². The van der Waals surface area contributed by atoms with E-state index in [0.29, 0.717) is 12.2 Å². The van der Waals surface area contributed by atoms with E-state index in [0.717, 1.165) is 11.4 Å². The Morgan fingerprint density at radius 2 is 2.29 bits per heavy atom. The number of amides is 1. The van der Waals surface area contributed by atoms with Crippen LogP contribution in [0.1, 0.15) is 16.2 Å². The first-order valence-electron chi connectivity index (χ1n) is 5.08. The Morgan fingerprint density at radius 1 is 1.41 bits per heavy atom. The van der Waals surface area contributed by atoms with E-state index in [9.17, 15) is 4.79 Å². The summed E-state index contributed by atoms with van der Waals surface area (Å²) in [6, 6.07) is 3.49. The van der Waals surface area contributed by atoms with Gasteiger partial charge in [-0.1, -0.05) is 0 Å². The average molecular weight is 248 g/mol. The van der Waals surface area contributed by atoms with Crippen LogP contribution in [0, 0.1) is 0 Å². The summed E-state index contributed by atoms with van der Waals surface area (Å²) in [5.41, 5.74) is 3.87. The van der Waals surface area contributed by atoms with Gasteiger partial charge in [0.1, 0.15) is 5.69 Å². The molecular weight excluding hydrogens is 236 g/mol. The SMILES string of the molecule is CNc1ccc(C(=O)NCc2cscn2)nc1. The third-order valence-corrected chi connectivity index (χ3v) is 2.83. The summed E-state index contributed by atoms with van der Waals surface area (Å²) < 4.78 is 0. The van der Waals surface area contributed by atoms with Gasteiger partial charge in [0.2, 0.25) is 0 Å². The van der Waals surface area contributed by atoms with Crippen molar-refractivity contribution in [1.29, 1.82) is 0 Å². The van der Waals surface area contributed by atoms with E-state index in [1.807, 2.05) is 11.4 Å². The molecule has 0 aliphatic heterocycles. The number of carbonyl (C=O) groups excluding carboxylic acids is 1. The number of rotatable bonds is 4. The molecule has 0 unspecified atom stereocenters. The Hall–Kier alpha value is -1.95. The first-order valence-corrected chi connectivity index (χ1v) is 6.03. The molecule has 0 aliphatic carbocycles. The van der Waals surface area contributed by atoms with Crippen molar-refractivity contribution in [3.8, 4) is 0 Å². The molecule has 2 aromatic heterocycles. The van der Waals surface area contributed by atoms with Crippen LogP contribution in [-0.2, 0) is 6.54 Å². The van der Waals surface area contributed by atoms with Crippen LogP contribution in [0.5, 0.6) is 0 Å². The van der Waals surface area contributed by atoms with Crippen LogP contribution < -0.4 is 10.6 Å². The smallest absolute Gasteiger partial charge is 0.270 e. The van der Waals surface area contributed by atoms with Crippen LogP contribution in [0.3, 0.4) is 0 Å². The number of hydrogen-bond acceptors (Lipinski definition) is 5. The number of thiazole rings is 1. The van der Waals surface area contributed by atoms with Crippen LogP contribution in [0.15, 0.2) is 29.2 Å². The molecule has 5 nitrogen and oxygen atoms in total. The molecule has 88 valence electrons. The summed E-state index contributed by atoms with van der Waals surface area (Å²) in [5.74, 6) is -0.194. The van der Waals surface area contributed by atoms with Crippen LogP contribution in [-0.4, -0.2) is 22.9 Å². The monoisotopic (exact) mass is 248 g/mol. The van der Waals surface area contributed by atoms with E-state index in [-0.39, 0.29) is 5.91 Å². The third-order valence-electron chi connectivity index (χ3n) is 2.20. The van der Waals surface area contributed by atoms with Gasteiger partial charge in [0.05, 0.1) is 29.6 Å². The summed E-state index contributed by atoms with van der Waals surface area (Å²) in [5, 5.41) is 7.61. The Kier molecular flexibility index (Phi) is 3.66. The fraction of sp³-hybridized carbons (Fsp3) is 0.182. The fourth-order valence-electron chi connectivity index (χ4n) is 1.26. The highest BCUT2D eigenvalue weighted by Gasteiger charge is 2.06. The number of anilines is 1. The van der Waals surface area contributed by atoms with Crippen molar-refractivity contribution in [3.05, 3.63) is 40.6 Å². The molecule has 1 amide bonds. The highest BCUT2D eigenvalue weighted by Crippen LogP contribution is 2.05. The molecule has 0 saturated carbocycles. The molecule has 0 spiro atoms. The van der Waals surface area contributed by atoms with Crippen LogP contribution in [0.2, 0.25) is 0 Å². The van der Waals surface area contributed by atoms with Gasteiger partial charge >= 0.3 is 0 Å². The fourth-order valence-corrected chi connectivity index (χ4v) is 1.82. The molecule has 0 fully saturated rings. The lowest BCUT2D eigenvalue weighted by Gasteiger charge is -2.03. The van der Waals surface area contributed by atoms with Gasteiger partial charge in [0, 0.05) is 12.4 Å². The van der Waals surface area contributed by atoms with Crippen LogP contribution in [0.25, 0.3) is 0 Å². The summed E-state index contributed by atoms with van der Waals surface area (Å²) >= 11 is 1.51. The second-order valence-electron chi connectivity index (χ2n) is 3.34. The molecule has 0 radical (unpaired) electrons. The van der Waals surface area contributed by atoms with E-state index in [4.69, 9.17) is 0 Å². The van der Waals surface area contributed by atoms with Gasteiger partial charge < -0.3 is 10.6 Å².